The van der Waals surface area contributed by atoms with Crippen molar-refractivity contribution in [1.82, 2.24) is 20.2 Å². The third-order valence-corrected chi connectivity index (χ3v) is 7.78. The molecule has 0 saturated heterocycles. The van der Waals surface area contributed by atoms with E-state index in [9.17, 15) is 4.79 Å². The quantitative estimate of drug-likeness (QED) is 0.0903. The molecule has 0 radical (unpaired) electrons. The van der Waals surface area contributed by atoms with Crippen LogP contribution in [-0.2, 0) is 4.79 Å². The molecule has 0 aliphatic carbocycles. The fourth-order valence-electron chi connectivity index (χ4n) is 4.49. The molecular weight excluding hydrogens is 561 g/mol. The Morgan fingerprint density at radius 1 is 0.825 bits per heavy atom. The SMILES string of the molecule is O=C(CSc1nnc(-c2ccc(Cl)cc2)n1-c1ccc(Cl)cc1)N/N=C/c1c2ccccc2cc2ccccc12. The first-order chi connectivity index (χ1) is 19.6. The van der Waals surface area contributed by atoms with E-state index in [2.05, 4.69) is 51.1 Å². The molecule has 0 aliphatic heterocycles. The van der Waals surface area contributed by atoms with Crippen LogP contribution in [0.3, 0.4) is 0 Å². The summed E-state index contributed by atoms with van der Waals surface area (Å²) in [6.07, 6.45) is 1.71. The Morgan fingerprint density at radius 3 is 2.08 bits per heavy atom. The highest BCUT2D eigenvalue weighted by molar-refractivity contribution is 7.99. The van der Waals surface area contributed by atoms with Gasteiger partial charge >= 0.3 is 0 Å². The Labute approximate surface area is 244 Å². The summed E-state index contributed by atoms with van der Waals surface area (Å²) >= 11 is 13.5. The van der Waals surface area contributed by atoms with Crippen LogP contribution in [0.4, 0.5) is 0 Å². The summed E-state index contributed by atoms with van der Waals surface area (Å²) < 4.78 is 1.89. The highest BCUT2D eigenvalue weighted by Gasteiger charge is 2.17. The lowest BCUT2D eigenvalue weighted by Crippen LogP contribution is -2.20. The molecule has 1 amide bonds. The summed E-state index contributed by atoms with van der Waals surface area (Å²) in [4.78, 5) is 12.8. The van der Waals surface area contributed by atoms with Crippen molar-refractivity contribution in [3.63, 3.8) is 0 Å². The van der Waals surface area contributed by atoms with E-state index in [-0.39, 0.29) is 11.7 Å². The van der Waals surface area contributed by atoms with Gasteiger partial charge in [0.05, 0.1) is 12.0 Å². The van der Waals surface area contributed by atoms with Gasteiger partial charge in [0.2, 0.25) is 0 Å². The first kappa shape index (κ1) is 26.1. The average molecular weight is 583 g/mol. The van der Waals surface area contributed by atoms with Crippen molar-refractivity contribution < 1.29 is 4.79 Å². The van der Waals surface area contributed by atoms with E-state index in [0.29, 0.717) is 21.0 Å². The van der Waals surface area contributed by atoms with Gasteiger partial charge in [0, 0.05) is 26.9 Å². The summed E-state index contributed by atoms with van der Waals surface area (Å²) in [6, 6.07) is 33.2. The number of amides is 1. The second-order valence-corrected chi connectivity index (χ2v) is 10.8. The summed E-state index contributed by atoms with van der Waals surface area (Å²) in [5, 5.41) is 19.3. The second-order valence-electron chi connectivity index (χ2n) is 8.94. The standard InChI is InChI=1S/C31H21Cl2N5OS/c32-23-11-9-20(10-12-23)30-36-37-31(38(30)25-15-13-24(33)14-16-25)40-19-29(39)35-34-18-28-26-7-3-1-5-21(26)17-22-6-2-4-8-27(22)28/h1-18H,19H2,(H,35,39)/b34-18+. The predicted octanol–water partition coefficient (Wildman–Crippen LogP) is 7.79. The fraction of sp³-hybridized carbons (Fsp3) is 0.0323. The van der Waals surface area contributed by atoms with Crippen molar-refractivity contribution in [3.8, 4) is 17.1 Å². The van der Waals surface area contributed by atoms with Crippen LogP contribution in [0.15, 0.2) is 113 Å². The Hall–Kier alpha value is -4.17. The Bertz CT molecular complexity index is 1810. The van der Waals surface area contributed by atoms with Crippen LogP contribution in [-0.4, -0.2) is 32.6 Å². The molecule has 196 valence electrons. The normalized spacial score (nSPS) is 11.4. The molecule has 9 heteroatoms. The predicted molar refractivity (Wildman–Crippen MR) is 165 cm³/mol. The zero-order valence-corrected chi connectivity index (χ0v) is 23.3. The third kappa shape index (κ3) is 5.45. The monoisotopic (exact) mass is 581 g/mol. The van der Waals surface area contributed by atoms with Crippen molar-refractivity contribution in [2.24, 2.45) is 5.10 Å². The molecule has 0 spiro atoms. The van der Waals surface area contributed by atoms with E-state index in [1.165, 1.54) is 11.8 Å². The van der Waals surface area contributed by atoms with Crippen molar-refractivity contribution in [3.05, 3.63) is 119 Å². The molecule has 0 aliphatic rings. The largest absolute Gasteiger partial charge is 0.272 e. The molecule has 40 heavy (non-hydrogen) atoms. The summed E-state index contributed by atoms with van der Waals surface area (Å²) in [7, 11) is 0. The maximum absolute atomic E-state index is 12.8. The van der Waals surface area contributed by atoms with Crippen LogP contribution in [0, 0.1) is 0 Å². The van der Waals surface area contributed by atoms with Gasteiger partial charge in [-0.15, -0.1) is 10.2 Å². The van der Waals surface area contributed by atoms with E-state index in [1.54, 1.807) is 30.5 Å². The number of benzene rings is 5. The molecule has 0 saturated carbocycles. The van der Waals surface area contributed by atoms with Crippen LogP contribution in [0.2, 0.25) is 10.0 Å². The van der Waals surface area contributed by atoms with Crippen molar-refractivity contribution in [2.75, 3.05) is 5.75 Å². The lowest BCUT2D eigenvalue weighted by Gasteiger charge is -2.10. The first-order valence-electron chi connectivity index (χ1n) is 12.4. The number of carbonyl (C=O) groups is 1. The number of hydrogen-bond acceptors (Lipinski definition) is 5. The number of fused-ring (bicyclic) bond motifs is 2. The van der Waals surface area contributed by atoms with Gasteiger partial charge in [-0.25, -0.2) is 5.43 Å². The number of nitrogens with zero attached hydrogens (tertiary/aromatic N) is 4. The zero-order chi connectivity index (χ0) is 27.5. The highest BCUT2D eigenvalue weighted by Crippen LogP contribution is 2.30. The smallest absolute Gasteiger partial charge is 0.250 e. The third-order valence-electron chi connectivity index (χ3n) is 6.35. The first-order valence-corrected chi connectivity index (χ1v) is 14.1. The summed E-state index contributed by atoms with van der Waals surface area (Å²) in [5.41, 5.74) is 5.28. The fourth-order valence-corrected chi connectivity index (χ4v) is 5.49. The van der Waals surface area contributed by atoms with Gasteiger partial charge in [-0.05, 0) is 76.1 Å². The zero-order valence-electron chi connectivity index (χ0n) is 21.0. The lowest BCUT2D eigenvalue weighted by molar-refractivity contribution is -0.118. The molecule has 0 atom stereocenters. The van der Waals surface area contributed by atoms with E-state index in [4.69, 9.17) is 23.2 Å². The lowest BCUT2D eigenvalue weighted by atomic mass is 9.97. The Balaban J connectivity index is 1.23. The second kappa shape index (κ2) is 11.5. The minimum atomic E-state index is -0.260. The number of nitrogens with one attached hydrogen (secondary N) is 1. The van der Waals surface area contributed by atoms with Gasteiger partial charge in [0.1, 0.15) is 0 Å². The highest BCUT2D eigenvalue weighted by atomic mass is 35.5. The van der Waals surface area contributed by atoms with Gasteiger partial charge in [0.15, 0.2) is 11.0 Å². The number of rotatable bonds is 7. The molecular formula is C31H21Cl2N5OS. The number of thioether (sulfide) groups is 1. The molecule has 1 N–H and O–H groups in total. The molecule has 0 fully saturated rings. The van der Waals surface area contributed by atoms with Gasteiger partial charge in [-0.3, -0.25) is 9.36 Å². The van der Waals surface area contributed by atoms with Crippen LogP contribution in [0.5, 0.6) is 0 Å². The molecule has 0 unspecified atom stereocenters. The number of aromatic nitrogens is 3. The van der Waals surface area contributed by atoms with E-state index in [1.807, 2.05) is 53.1 Å². The van der Waals surface area contributed by atoms with Gasteiger partial charge in [-0.2, -0.15) is 5.10 Å². The van der Waals surface area contributed by atoms with Crippen LogP contribution >= 0.6 is 35.0 Å². The van der Waals surface area contributed by atoms with E-state index >= 15 is 0 Å². The van der Waals surface area contributed by atoms with Gasteiger partial charge in [-0.1, -0.05) is 83.5 Å². The summed E-state index contributed by atoms with van der Waals surface area (Å²) in [6.45, 7) is 0. The molecule has 1 heterocycles. The number of carbonyl (C=O) groups excluding carboxylic acids is 1. The Morgan fingerprint density at radius 2 is 1.43 bits per heavy atom. The van der Waals surface area contributed by atoms with Crippen LogP contribution in [0.1, 0.15) is 5.56 Å². The molecule has 6 nitrogen and oxygen atoms in total. The van der Waals surface area contributed by atoms with Crippen molar-refractivity contribution in [1.29, 1.82) is 0 Å². The van der Waals surface area contributed by atoms with Gasteiger partial charge in [0.25, 0.3) is 5.91 Å². The molecule has 6 rings (SSSR count). The van der Waals surface area contributed by atoms with Crippen LogP contribution in [0.25, 0.3) is 38.6 Å². The molecule has 6 aromatic rings. The molecule has 1 aromatic heterocycles. The average Bonchev–Trinajstić information content (AvgIpc) is 3.40. The number of hydrogen-bond donors (Lipinski definition) is 1. The number of halogens is 2. The maximum atomic E-state index is 12.8. The Kier molecular flexibility index (Phi) is 7.51. The minimum Gasteiger partial charge on any atom is -0.272 e. The van der Waals surface area contributed by atoms with Gasteiger partial charge < -0.3 is 0 Å². The summed E-state index contributed by atoms with van der Waals surface area (Å²) in [5.74, 6) is 0.465. The van der Waals surface area contributed by atoms with Crippen LogP contribution < -0.4 is 5.43 Å². The molecule has 0 bridgehead atoms. The molecule has 5 aromatic carbocycles. The number of hydrazone groups is 1. The minimum absolute atomic E-state index is 0.0972. The van der Waals surface area contributed by atoms with E-state index < -0.39 is 0 Å². The van der Waals surface area contributed by atoms with Crippen molar-refractivity contribution in [2.45, 2.75) is 5.16 Å². The van der Waals surface area contributed by atoms with E-state index in [0.717, 1.165) is 38.4 Å². The maximum Gasteiger partial charge on any atom is 0.250 e. The van der Waals surface area contributed by atoms with Crippen molar-refractivity contribution >= 4 is 68.6 Å². The topological polar surface area (TPSA) is 72.2 Å².